The van der Waals surface area contributed by atoms with E-state index in [9.17, 15) is 9.90 Å². The summed E-state index contributed by atoms with van der Waals surface area (Å²) in [7, 11) is 0. The molecule has 3 N–H and O–H groups in total. The predicted octanol–water partition coefficient (Wildman–Crippen LogP) is 4.59. The first-order valence-corrected chi connectivity index (χ1v) is 10.1. The van der Waals surface area contributed by atoms with Crippen molar-refractivity contribution in [3.05, 3.63) is 72.8 Å². The van der Waals surface area contributed by atoms with Gasteiger partial charge in [0.2, 0.25) is 0 Å². The Balaban J connectivity index is 1.55. The Labute approximate surface area is 178 Å². The number of para-hydroxylation sites is 1. The van der Waals surface area contributed by atoms with E-state index in [1.807, 2.05) is 59.0 Å². The van der Waals surface area contributed by atoms with Gasteiger partial charge < -0.3 is 15.6 Å². The molecule has 5 rings (SSSR count). The van der Waals surface area contributed by atoms with Crippen molar-refractivity contribution in [3.63, 3.8) is 0 Å². The Hall–Kier alpha value is -4.07. The van der Waals surface area contributed by atoms with Gasteiger partial charge in [-0.3, -0.25) is 9.30 Å². The van der Waals surface area contributed by atoms with Gasteiger partial charge in [0.15, 0.2) is 0 Å². The number of fused-ring (bicyclic) bond motifs is 1. The van der Waals surface area contributed by atoms with Gasteiger partial charge in [0.1, 0.15) is 34.4 Å². The van der Waals surface area contributed by atoms with Crippen LogP contribution < -0.4 is 10.5 Å². The minimum absolute atomic E-state index is 0.318. The molecule has 1 aliphatic heterocycles. The first kappa shape index (κ1) is 18.9. The van der Waals surface area contributed by atoms with Gasteiger partial charge in [-0.1, -0.05) is 18.2 Å². The lowest BCUT2D eigenvalue weighted by Gasteiger charge is -2.20. The van der Waals surface area contributed by atoms with E-state index in [1.165, 1.54) is 4.90 Å². The minimum Gasteiger partial charge on any atom is -0.465 e. The number of imidazole rings is 1. The lowest BCUT2D eigenvalue weighted by molar-refractivity contribution is 0.138. The molecule has 1 fully saturated rings. The van der Waals surface area contributed by atoms with E-state index in [0.29, 0.717) is 35.1 Å². The molecule has 1 amide bonds. The number of nitrogens with two attached hydrogens (primary N) is 1. The molecule has 8 nitrogen and oxygen atoms in total. The molecule has 0 spiro atoms. The number of nitrogen functional groups attached to an aromatic ring is 1. The highest BCUT2D eigenvalue weighted by molar-refractivity contribution is 5.85. The quantitative estimate of drug-likeness (QED) is 0.505. The molecule has 0 saturated carbocycles. The van der Waals surface area contributed by atoms with Crippen LogP contribution >= 0.6 is 0 Å². The Bertz CT molecular complexity index is 1240. The van der Waals surface area contributed by atoms with Crippen molar-refractivity contribution in [3.8, 4) is 22.8 Å². The summed E-state index contributed by atoms with van der Waals surface area (Å²) in [4.78, 5) is 22.2. The van der Waals surface area contributed by atoms with Crippen LogP contribution in [-0.4, -0.2) is 37.0 Å². The molecule has 0 radical (unpaired) electrons. The summed E-state index contributed by atoms with van der Waals surface area (Å²) in [6.07, 6.45) is 3.96. The maximum atomic E-state index is 11.7. The fraction of sp³-hybridized carbons (Fsp3) is 0.174. The van der Waals surface area contributed by atoms with Crippen LogP contribution in [0.4, 0.5) is 10.6 Å². The number of carboxylic acid groups (broad SMARTS) is 1. The monoisotopic (exact) mass is 415 g/mol. The Morgan fingerprint density at radius 3 is 2.58 bits per heavy atom. The van der Waals surface area contributed by atoms with E-state index in [1.54, 1.807) is 12.4 Å². The lowest BCUT2D eigenvalue weighted by Crippen LogP contribution is -2.29. The largest absolute Gasteiger partial charge is 0.465 e. The van der Waals surface area contributed by atoms with Crippen LogP contribution in [0.25, 0.3) is 16.8 Å². The zero-order chi connectivity index (χ0) is 21.4. The van der Waals surface area contributed by atoms with E-state index >= 15 is 0 Å². The molecule has 8 heteroatoms. The molecule has 156 valence electrons. The highest BCUT2D eigenvalue weighted by Gasteiger charge is 2.34. The molecule has 0 unspecified atom stereocenters. The molecule has 1 saturated heterocycles. The van der Waals surface area contributed by atoms with Gasteiger partial charge in [-0.05, 0) is 49.2 Å². The van der Waals surface area contributed by atoms with Gasteiger partial charge in [0.25, 0.3) is 0 Å². The van der Waals surface area contributed by atoms with Crippen LogP contribution in [0.15, 0.2) is 67.0 Å². The summed E-state index contributed by atoms with van der Waals surface area (Å²) >= 11 is 0. The average molecular weight is 415 g/mol. The molecule has 1 atom stereocenters. The van der Waals surface area contributed by atoms with Crippen molar-refractivity contribution in [1.82, 2.24) is 19.3 Å². The standard InChI is InChI=1S/C23H21N5O3/c24-21-20-19(15-8-10-17(11-9-15)31-16-5-2-1-3-6-16)26-22(28(20)14-12-25-21)18-7-4-13-27(18)23(29)30/h1-3,5-6,8-12,14,18H,4,7,13H2,(H2,24,25)(H,29,30)/t18-/m0/s1. The molecule has 0 bridgehead atoms. The van der Waals surface area contributed by atoms with Crippen LogP contribution in [0.2, 0.25) is 0 Å². The number of anilines is 1. The number of hydrogen-bond donors (Lipinski definition) is 2. The Morgan fingerprint density at radius 1 is 1.10 bits per heavy atom. The average Bonchev–Trinajstić information content (AvgIpc) is 3.41. The van der Waals surface area contributed by atoms with Crippen molar-refractivity contribution in [1.29, 1.82) is 0 Å². The zero-order valence-electron chi connectivity index (χ0n) is 16.7. The fourth-order valence-corrected chi connectivity index (χ4v) is 4.09. The molecule has 1 aliphatic rings. The van der Waals surface area contributed by atoms with E-state index in [2.05, 4.69) is 4.98 Å². The number of carbonyl (C=O) groups is 1. The number of ether oxygens (including phenoxy) is 1. The van der Waals surface area contributed by atoms with Crippen LogP contribution in [0.3, 0.4) is 0 Å². The van der Waals surface area contributed by atoms with Gasteiger partial charge in [-0.2, -0.15) is 0 Å². The molecule has 2 aromatic heterocycles. The van der Waals surface area contributed by atoms with E-state index < -0.39 is 6.09 Å². The second-order valence-electron chi connectivity index (χ2n) is 7.42. The fourth-order valence-electron chi connectivity index (χ4n) is 4.09. The molecule has 3 heterocycles. The zero-order valence-corrected chi connectivity index (χ0v) is 16.7. The molecule has 2 aromatic carbocycles. The molecule has 4 aromatic rings. The first-order chi connectivity index (χ1) is 15.1. The summed E-state index contributed by atoms with van der Waals surface area (Å²) in [5.74, 6) is 2.47. The third kappa shape index (κ3) is 3.42. The first-order valence-electron chi connectivity index (χ1n) is 10.1. The van der Waals surface area contributed by atoms with E-state index in [4.69, 9.17) is 15.5 Å². The van der Waals surface area contributed by atoms with Crippen molar-refractivity contribution in [2.75, 3.05) is 12.3 Å². The van der Waals surface area contributed by atoms with Crippen molar-refractivity contribution >= 4 is 17.4 Å². The molecule has 0 aliphatic carbocycles. The van der Waals surface area contributed by atoms with Crippen LogP contribution in [0, 0.1) is 0 Å². The summed E-state index contributed by atoms with van der Waals surface area (Å²) in [5, 5.41) is 9.59. The summed E-state index contributed by atoms with van der Waals surface area (Å²) in [6, 6.07) is 16.8. The second kappa shape index (κ2) is 7.64. The van der Waals surface area contributed by atoms with E-state index in [0.717, 1.165) is 24.2 Å². The summed E-state index contributed by atoms with van der Waals surface area (Å²) in [6.45, 7) is 0.496. The number of rotatable bonds is 4. The third-order valence-electron chi connectivity index (χ3n) is 5.51. The van der Waals surface area contributed by atoms with Gasteiger partial charge in [-0.25, -0.2) is 14.8 Å². The molecular formula is C23H21N5O3. The number of benzene rings is 2. The predicted molar refractivity (Wildman–Crippen MR) is 116 cm³/mol. The molecule has 31 heavy (non-hydrogen) atoms. The SMILES string of the molecule is Nc1nccn2c([C@@H]3CCCN3C(=O)O)nc(-c3ccc(Oc4ccccc4)cc3)c12. The van der Waals surface area contributed by atoms with Crippen molar-refractivity contribution in [2.24, 2.45) is 0 Å². The second-order valence-corrected chi connectivity index (χ2v) is 7.42. The number of likely N-dealkylation sites (tertiary alicyclic amines) is 1. The van der Waals surface area contributed by atoms with Crippen LogP contribution in [0.1, 0.15) is 24.7 Å². The number of amides is 1. The van der Waals surface area contributed by atoms with Gasteiger partial charge in [0, 0.05) is 24.5 Å². The maximum Gasteiger partial charge on any atom is 0.407 e. The van der Waals surface area contributed by atoms with Gasteiger partial charge >= 0.3 is 6.09 Å². The van der Waals surface area contributed by atoms with Crippen LogP contribution in [-0.2, 0) is 0 Å². The topological polar surface area (TPSA) is 106 Å². The summed E-state index contributed by atoms with van der Waals surface area (Å²) < 4.78 is 7.73. The van der Waals surface area contributed by atoms with Gasteiger partial charge in [-0.15, -0.1) is 0 Å². The number of aromatic nitrogens is 3. The number of nitrogens with zero attached hydrogens (tertiary/aromatic N) is 4. The van der Waals surface area contributed by atoms with Crippen molar-refractivity contribution in [2.45, 2.75) is 18.9 Å². The number of hydrogen-bond acceptors (Lipinski definition) is 5. The lowest BCUT2D eigenvalue weighted by atomic mass is 10.1. The Kier molecular flexibility index (Phi) is 4.66. The van der Waals surface area contributed by atoms with Crippen LogP contribution in [0.5, 0.6) is 11.5 Å². The van der Waals surface area contributed by atoms with Gasteiger partial charge in [0.05, 0.1) is 6.04 Å². The highest BCUT2D eigenvalue weighted by Crippen LogP contribution is 2.36. The minimum atomic E-state index is -0.940. The highest BCUT2D eigenvalue weighted by atomic mass is 16.5. The molecular weight excluding hydrogens is 394 g/mol. The smallest absolute Gasteiger partial charge is 0.407 e. The van der Waals surface area contributed by atoms with Crippen molar-refractivity contribution < 1.29 is 14.6 Å². The normalized spacial score (nSPS) is 16.0. The maximum absolute atomic E-state index is 11.7. The Morgan fingerprint density at radius 2 is 1.84 bits per heavy atom. The van der Waals surface area contributed by atoms with E-state index in [-0.39, 0.29) is 6.04 Å². The third-order valence-corrected chi connectivity index (χ3v) is 5.51. The summed E-state index contributed by atoms with van der Waals surface area (Å²) in [5.41, 5.74) is 8.40.